The summed E-state index contributed by atoms with van der Waals surface area (Å²) in [4.78, 5) is 20.7. The van der Waals surface area contributed by atoms with Crippen molar-refractivity contribution in [3.05, 3.63) is 0 Å². The van der Waals surface area contributed by atoms with Gasteiger partial charge in [0.2, 0.25) is 0 Å². The maximum absolute atomic E-state index is 12.5. The second kappa shape index (κ2) is 2.89. The van der Waals surface area contributed by atoms with Crippen LogP contribution in [0, 0.1) is 5.92 Å². The number of rotatable bonds is 1. The van der Waals surface area contributed by atoms with Crippen molar-refractivity contribution in [2.45, 2.75) is 18.5 Å². The summed E-state index contributed by atoms with van der Waals surface area (Å²) in [5.41, 5.74) is 0. The highest BCUT2D eigenvalue weighted by atomic mass is 19.4. The molecule has 0 aliphatic carbocycles. The Balaban J connectivity index is 2.94. The molecule has 0 radical (unpaired) electrons. The first-order valence-corrected chi connectivity index (χ1v) is 3.35. The number of carbonyl (C=O) groups excluding carboxylic acids is 2. The zero-order valence-corrected chi connectivity index (χ0v) is 6.40. The fraction of sp³-hybridized carbons (Fsp3) is 0.667. The van der Waals surface area contributed by atoms with Crippen LogP contribution in [-0.4, -0.2) is 24.0 Å². The van der Waals surface area contributed by atoms with E-state index < -0.39 is 36.4 Å². The van der Waals surface area contributed by atoms with Crippen LogP contribution in [0.25, 0.3) is 0 Å². The summed E-state index contributed by atoms with van der Waals surface area (Å²) in [6.07, 6.45) is -7.10. The first-order valence-electron chi connectivity index (χ1n) is 3.35. The number of carbonyl (C=O) groups is 2. The molecular formula is C6H3F5O3. The summed E-state index contributed by atoms with van der Waals surface area (Å²) in [7, 11) is 0. The van der Waals surface area contributed by atoms with Crippen LogP contribution in [-0.2, 0) is 14.3 Å². The smallest absolute Gasteiger partial charge is 0.393 e. The van der Waals surface area contributed by atoms with E-state index in [0.29, 0.717) is 0 Å². The van der Waals surface area contributed by atoms with Gasteiger partial charge in [0, 0.05) is 0 Å². The van der Waals surface area contributed by atoms with Crippen molar-refractivity contribution in [2.75, 3.05) is 0 Å². The number of hydrogen-bond acceptors (Lipinski definition) is 3. The van der Waals surface area contributed by atoms with Gasteiger partial charge in [-0.3, -0.25) is 9.59 Å². The van der Waals surface area contributed by atoms with Crippen LogP contribution in [0.2, 0.25) is 0 Å². The number of ether oxygens (including phenoxy) is 1. The van der Waals surface area contributed by atoms with Crippen molar-refractivity contribution < 1.29 is 36.3 Å². The third kappa shape index (κ3) is 1.55. The maximum atomic E-state index is 12.5. The monoisotopic (exact) mass is 218 g/mol. The van der Waals surface area contributed by atoms with Gasteiger partial charge in [-0.15, -0.1) is 0 Å². The van der Waals surface area contributed by atoms with Crippen molar-refractivity contribution in [1.82, 2.24) is 0 Å². The molecule has 1 saturated heterocycles. The van der Waals surface area contributed by atoms with Crippen molar-refractivity contribution in [3.63, 3.8) is 0 Å². The minimum atomic E-state index is -5.86. The molecule has 0 saturated carbocycles. The van der Waals surface area contributed by atoms with Crippen LogP contribution in [0.1, 0.15) is 6.42 Å². The predicted molar refractivity (Wildman–Crippen MR) is 30.2 cm³/mol. The topological polar surface area (TPSA) is 43.4 Å². The van der Waals surface area contributed by atoms with E-state index in [2.05, 4.69) is 4.74 Å². The molecule has 0 N–H and O–H groups in total. The van der Waals surface area contributed by atoms with Gasteiger partial charge in [-0.2, -0.15) is 22.0 Å². The molecule has 1 fully saturated rings. The molecule has 3 nitrogen and oxygen atoms in total. The number of alkyl halides is 5. The predicted octanol–water partition coefficient (Wildman–Crippen LogP) is 1.27. The second-order valence-corrected chi connectivity index (χ2v) is 2.67. The Labute approximate surface area is 73.8 Å². The largest absolute Gasteiger partial charge is 0.454 e. The van der Waals surface area contributed by atoms with Gasteiger partial charge >= 0.3 is 24.0 Å². The summed E-state index contributed by atoms with van der Waals surface area (Å²) in [6, 6.07) is 0. The summed E-state index contributed by atoms with van der Waals surface area (Å²) in [5, 5.41) is 0. The highest BCUT2D eigenvalue weighted by molar-refractivity contribution is 5.95. The first-order chi connectivity index (χ1) is 6.16. The van der Waals surface area contributed by atoms with Crippen molar-refractivity contribution in [2.24, 2.45) is 5.92 Å². The van der Waals surface area contributed by atoms with Gasteiger partial charge in [0.25, 0.3) is 0 Å². The Morgan fingerprint density at radius 2 is 1.64 bits per heavy atom. The fourth-order valence-electron chi connectivity index (χ4n) is 0.949. The van der Waals surface area contributed by atoms with E-state index in [1.54, 1.807) is 0 Å². The fourth-order valence-corrected chi connectivity index (χ4v) is 0.949. The number of halogens is 5. The third-order valence-corrected chi connectivity index (χ3v) is 1.69. The second-order valence-electron chi connectivity index (χ2n) is 2.67. The van der Waals surface area contributed by atoms with Crippen LogP contribution in [0.15, 0.2) is 0 Å². The van der Waals surface area contributed by atoms with Crippen molar-refractivity contribution >= 4 is 11.9 Å². The zero-order chi connectivity index (χ0) is 11.1. The van der Waals surface area contributed by atoms with Gasteiger partial charge < -0.3 is 4.74 Å². The lowest BCUT2D eigenvalue weighted by Gasteiger charge is -2.21. The molecule has 1 atom stereocenters. The van der Waals surface area contributed by atoms with E-state index >= 15 is 0 Å². The van der Waals surface area contributed by atoms with Gasteiger partial charge in [0.1, 0.15) is 5.92 Å². The first kappa shape index (κ1) is 10.9. The third-order valence-electron chi connectivity index (χ3n) is 1.69. The Morgan fingerprint density at radius 3 is 1.93 bits per heavy atom. The standard InChI is InChI=1S/C6H3F5O3/c7-5(8,6(9,10)11)2-1-3(12)14-4(2)13/h2H,1H2. The molecule has 1 rings (SSSR count). The van der Waals surface area contributed by atoms with Gasteiger partial charge in [-0.05, 0) is 0 Å². The van der Waals surface area contributed by atoms with Crippen LogP contribution >= 0.6 is 0 Å². The average molecular weight is 218 g/mol. The Morgan fingerprint density at radius 1 is 1.14 bits per heavy atom. The minimum absolute atomic E-state index is 1.24. The van der Waals surface area contributed by atoms with Crippen molar-refractivity contribution in [3.8, 4) is 0 Å². The lowest BCUT2D eigenvalue weighted by molar-refractivity contribution is -0.298. The molecule has 0 aromatic carbocycles. The Hall–Kier alpha value is -1.21. The lowest BCUT2D eigenvalue weighted by Crippen LogP contribution is -2.45. The van der Waals surface area contributed by atoms with Crippen LogP contribution in [0.3, 0.4) is 0 Å². The van der Waals surface area contributed by atoms with Crippen LogP contribution in [0.4, 0.5) is 22.0 Å². The molecule has 1 aliphatic rings. The zero-order valence-electron chi connectivity index (χ0n) is 6.40. The molecule has 1 aliphatic heterocycles. The van der Waals surface area contributed by atoms with E-state index in [0.717, 1.165) is 0 Å². The average Bonchev–Trinajstić information content (AvgIpc) is 2.27. The van der Waals surface area contributed by atoms with Gasteiger partial charge in [0.05, 0.1) is 6.42 Å². The summed E-state index contributed by atoms with van der Waals surface area (Å²) in [5.74, 6) is -11.2. The maximum Gasteiger partial charge on any atom is 0.454 e. The van der Waals surface area contributed by atoms with Crippen LogP contribution < -0.4 is 0 Å². The molecule has 0 aromatic rings. The molecular weight excluding hydrogens is 215 g/mol. The molecule has 0 amide bonds. The molecule has 0 aromatic heterocycles. The number of cyclic esters (lactones) is 2. The van der Waals surface area contributed by atoms with E-state index in [4.69, 9.17) is 0 Å². The molecule has 14 heavy (non-hydrogen) atoms. The van der Waals surface area contributed by atoms with E-state index in [1.807, 2.05) is 0 Å². The van der Waals surface area contributed by atoms with Gasteiger partial charge in [-0.25, -0.2) is 0 Å². The number of esters is 2. The lowest BCUT2D eigenvalue weighted by atomic mass is 9.99. The SMILES string of the molecule is O=C1CC(C(F)(F)C(F)(F)F)C(=O)O1. The quantitative estimate of drug-likeness (QED) is 0.378. The van der Waals surface area contributed by atoms with Gasteiger partial charge in [-0.1, -0.05) is 0 Å². The highest BCUT2D eigenvalue weighted by Crippen LogP contribution is 2.44. The highest BCUT2D eigenvalue weighted by Gasteiger charge is 2.67. The van der Waals surface area contributed by atoms with E-state index in [9.17, 15) is 31.5 Å². The molecule has 0 spiro atoms. The molecule has 8 heteroatoms. The molecule has 1 heterocycles. The van der Waals surface area contributed by atoms with Gasteiger partial charge in [0.15, 0.2) is 0 Å². The Kier molecular flexibility index (Phi) is 2.24. The number of hydrogen-bond donors (Lipinski definition) is 0. The minimum Gasteiger partial charge on any atom is -0.393 e. The summed E-state index contributed by atoms with van der Waals surface area (Å²) >= 11 is 0. The molecule has 1 unspecified atom stereocenters. The summed E-state index contributed by atoms with van der Waals surface area (Å²) < 4.78 is 63.7. The van der Waals surface area contributed by atoms with Crippen LogP contribution in [0.5, 0.6) is 0 Å². The van der Waals surface area contributed by atoms with E-state index in [1.165, 1.54) is 0 Å². The van der Waals surface area contributed by atoms with E-state index in [-0.39, 0.29) is 0 Å². The van der Waals surface area contributed by atoms with Crippen molar-refractivity contribution in [1.29, 1.82) is 0 Å². The molecule has 80 valence electrons. The molecule has 0 bridgehead atoms. The summed E-state index contributed by atoms with van der Waals surface area (Å²) in [6.45, 7) is 0. The normalized spacial score (nSPS) is 23.9. The Bertz CT molecular complexity index is 282.